The van der Waals surface area contributed by atoms with E-state index in [1.54, 1.807) is 0 Å². The van der Waals surface area contributed by atoms with Crippen LogP contribution in [0.1, 0.15) is 0 Å². The van der Waals surface area contributed by atoms with Gasteiger partial charge in [-0.2, -0.15) is 8.49 Å². The van der Waals surface area contributed by atoms with E-state index in [0.29, 0.717) is 5.64 Å². The Kier molecular flexibility index (Phi) is 66.6. The maximum Gasteiger partial charge on any atom is 1.00 e. The zero-order valence-electron chi connectivity index (χ0n) is 9.84. The molecule has 0 aliphatic rings. The zero-order valence-corrected chi connectivity index (χ0v) is 20.2. The van der Waals surface area contributed by atoms with Gasteiger partial charge in [0.1, 0.15) is 0 Å². The number of halogens is 1. The van der Waals surface area contributed by atoms with Crippen LogP contribution in [0.25, 0.3) is 0 Å². The number of carbonyl (C=O) groups is 1. The molecule has 0 radical (unpaired) electrons. The molecule has 0 aromatic rings. The standard InChI is InChI=1S/CH2O3.BrH.K.H3NO5S.2Na.H2O3S/c2-1(3)4;;;2-1-6-7(3,4)5;;;1-4(2)3/h(H2,2,3,4);1H;;1-2H,(H,3,4,5);;;(H2,1,2,3)/q;;+1;;2*+1;/p-3. The van der Waals surface area contributed by atoms with Crippen LogP contribution in [-0.4, -0.2) is 42.8 Å². The average molecular weight is 436 g/mol. The Hall–Kier alpha value is 3.25. The molecular formula is CH5BrKNNa2O11S2. The molecule has 0 heterocycles. The van der Waals surface area contributed by atoms with E-state index < -0.39 is 27.9 Å². The molecule has 0 amide bonds. The Morgan fingerprint density at radius 3 is 1.42 bits per heavy atom. The van der Waals surface area contributed by atoms with Gasteiger partial charge in [0.05, 0.1) is 0 Å². The molecule has 0 unspecified atom stereocenters. The summed E-state index contributed by atoms with van der Waals surface area (Å²) in [6.45, 7) is 0. The van der Waals surface area contributed by atoms with Gasteiger partial charge in [-0.3, -0.25) is 14.3 Å². The van der Waals surface area contributed by atoms with Crippen molar-refractivity contribution in [3.63, 3.8) is 0 Å². The van der Waals surface area contributed by atoms with Crippen LogP contribution < -0.4 is 138 Å². The molecule has 0 bridgehead atoms. The number of hydrogen-bond acceptors (Lipinski definition) is 9. The van der Waals surface area contributed by atoms with Gasteiger partial charge in [-0.25, -0.2) is 8.42 Å². The van der Waals surface area contributed by atoms with Crippen molar-refractivity contribution in [3.8, 4) is 0 Å². The van der Waals surface area contributed by atoms with Crippen molar-refractivity contribution in [2.24, 2.45) is 0 Å². The molecule has 0 spiro atoms. The molecule has 18 heteroatoms. The molecule has 0 aliphatic carbocycles. The molecule has 0 atom stereocenters. The fourth-order valence-corrected chi connectivity index (χ4v) is 0.137. The van der Waals surface area contributed by atoms with E-state index in [2.05, 4.69) is 4.28 Å². The van der Waals surface area contributed by atoms with Crippen molar-refractivity contribution in [1.82, 2.24) is 5.64 Å². The first-order valence-corrected chi connectivity index (χ1v) is 4.66. The Bertz CT molecular complexity index is 266. The van der Waals surface area contributed by atoms with Gasteiger partial charge in [-0.1, -0.05) is 5.64 Å². The predicted molar refractivity (Wildman–Crippen MR) is 37.1 cm³/mol. The number of carboxylic acid groups (broad SMARTS) is 2. The average Bonchev–Trinajstić information content (AvgIpc) is 1.79. The molecule has 12 nitrogen and oxygen atoms in total. The maximum atomic E-state index is 9.23. The van der Waals surface area contributed by atoms with Gasteiger partial charge >= 0.3 is 110 Å². The first kappa shape index (κ1) is 43.2. The molecule has 102 valence electrons. The summed E-state index contributed by atoms with van der Waals surface area (Å²) in [6.07, 6.45) is -2.08. The van der Waals surface area contributed by atoms with Crippen molar-refractivity contribution in [2.75, 3.05) is 0 Å². The van der Waals surface area contributed by atoms with Crippen LogP contribution in [0.4, 0.5) is 4.79 Å². The van der Waals surface area contributed by atoms with E-state index in [-0.39, 0.29) is 127 Å². The maximum absolute atomic E-state index is 9.23. The summed E-state index contributed by atoms with van der Waals surface area (Å²) in [4.78, 5) is 8.44. The van der Waals surface area contributed by atoms with Crippen molar-refractivity contribution >= 4 is 27.9 Å². The van der Waals surface area contributed by atoms with E-state index in [1.165, 1.54) is 0 Å². The van der Waals surface area contributed by atoms with E-state index in [4.69, 9.17) is 33.5 Å². The Morgan fingerprint density at radius 2 is 1.42 bits per heavy atom. The third-order valence-corrected chi connectivity index (χ3v) is 0.418. The third kappa shape index (κ3) is 150. The summed E-state index contributed by atoms with van der Waals surface area (Å²) in [5.41, 5.74) is 0.707. The second kappa shape index (κ2) is 29.3. The fraction of sp³-hybridized carbons (Fsp3) is 0. The molecule has 0 rings (SSSR count). The van der Waals surface area contributed by atoms with E-state index in [1.807, 2.05) is 0 Å². The minimum absolute atomic E-state index is 0. The van der Waals surface area contributed by atoms with E-state index in [9.17, 15) is 13.0 Å². The van der Waals surface area contributed by atoms with Crippen LogP contribution in [-0.2, 0) is 26.0 Å². The minimum Gasteiger partial charge on any atom is -1.00 e. The fourth-order valence-electron chi connectivity index (χ4n) is 0.0456. The predicted octanol–water partition coefficient (Wildman–Crippen LogP) is -15.1. The molecule has 5 N–H and O–H groups in total. The second-order valence-corrected chi connectivity index (χ2v) is 2.52. The Labute approximate surface area is 207 Å². The molecule has 0 aliphatic heterocycles. The van der Waals surface area contributed by atoms with Crippen LogP contribution in [0.15, 0.2) is 0 Å². The van der Waals surface area contributed by atoms with Gasteiger partial charge < -0.3 is 36.5 Å². The smallest absolute Gasteiger partial charge is 1.00 e. The van der Waals surface area contributed by atoms with Crippen molar-refractivity contribution in [1.29, 1.82) is 0 Å². The molecule has 0 aromatic heterocycles. The van der Waals surface area contributed by atoms with Crippen molar-refractivity contribution < 1.29 is 178 Å². The van der Waals surface area contributed by atoms with E-state index >= 15 is 0 Å². The summed E-state index contributed by atoms with van der Waals surface area (Å²) in [5, 5.41) is 22.7. The monoisotopic (exact) mass is 435 g/mol. The van der Waals surface area contributed by atoms with Crippen LogP contribution in [0, 0.1) is 0 Å². The summed E-state index contributed by atoms with van der Waals surface area (Å²) in [6, 6.07) is 0. The van der Waals surface area contributed by atoms with Crippen LogP contribution in [0.2, 0.25) is 0 Å². The molecule has 0 aromatic carbocycles. The zero-order chi connectivity index (χ0) is 13.1. The first-order chi connectivity index (χ1) is 6.52. The Morgan fingerprint density at radius 1 is 1.26 bits per heavy atom. The number of rotatable bonds is 2. The topological polar surface area (TPSA) is 217 Å². The van der Waals surface area contributed by atoms with Gasteiger partial charge in [0.25, 0.3) is 11.4 Å². The normalized spacial score (nSPS) is 7.42. The largest absolute Gasteiger partial charge is 1.00 e. The quantitative estimate of drug-likeness (QED) is 0.0896. The summed E-state index contributed by atoms with van der Waals surface area (Å²) >= 11 is -2.61. The molecule has 19 heavy (non-hydrogen) atoms. The molecule has 0 saturated heterocycles. The summed E-state index contributed by atoms with van der Waals surface area (Å²) in [5.74, 6) is 0. The summed E-state index contributed by atoms with van der Waals surface area (Å²) < 4.78 is 53.5. The molecular weight excluding hydrogens is 431 g/mol. The SMILES string of the molecule is O=C([O-])O.O=S(=O)([O-])ONO.O=S(O)O.[Br-].[K+].[Na+].[Na+]. The molecule has 0 fully saturated rings. The van der Waals surface area contributed by atoms with E-state index in [0.717, 1.165) is 0 Å². The van der Waals surface area contributed by atoms with Crippen LogP contribution in [0.5, 0.6) is 0 Å². The van der Waals surface area contributed by atoms with Gasteiger partial charge in [0.15, 0.2) is 0 Å². The Balaban J connectivity index is -0.0000000216. The van der Waals surface area contributed by atoms with Gasteiger partial charge in [-0.05, 0) is 0 Å². The van der Waals surface area contributed by atoms with Crippen LogP contribution in [0.3, 0.4) is 0 Å². The van der Waals surface area contributed by atoms with Crippen LogP contribution >= 0.6 is 0 Å². The minimum atomic E-state index is -4.79. The summed E-state index contributed by atoms with van der Waals surface area (Å²) in [7, 11) is -4.79. The van der Waals surface area contributed by atoms with Gasteiger partial charge in [0.2, 0.25) is 16.6 Å². The van der Waals surface area contributed by atoms with Crippen molar-refractivity contribution in [3.05, 3.63) is 0 Å². The molecule has 0 saturated carbocycles. The first-order valence-electron chi connectivity index (χ1n) is 2.26. The third-order valence-electron chi connectivity index (χ3n) is 0.139. The second-order valence-electron chi connectivity index (χ2n) is 1.08. The van der Waals surface area contributed by atoms with Crippen molar-refractivity contribution in [2.45, 2.75) is 0 Å². The number of nitrogens with one attached hydrogen (secondary N) is 1. The van der Waals surface area contributed by atoms with Gasteiger partial charge in [-0.15, -0.1) is 0 Å². The number of hydrogen-bond donors (Lipinski definition) is 5. The van der Waals surface area contributed by atoms with Gasteiger partial charge in [0, 0.05) is 0 Å².